The Balaban J connectivity index is 1.78. The highest BCUT2D eigenvalue weighted by molar-refractivity contribution is 7.71. The monoisotopic (exact) mass is 322 g/mol. The SMILES string of the molecule is COc1ccc(-c2nc(=S)c3c([nH]2)Oc2ccccc2C3)cc1. The second-order valence-electron chi connectivity index (χ2n) is 5.31. The van der Waals surface area contributed by atoms with Gasteiger partial charge < -0.3 is 14.5 Å². The Morgan fingerprint density at radius 1 is 1.13 bits per heavy atom. The van der Waals surface area contributed by atoms with Crippen LogP contribution in [0, 0.1) is 4.64 Å². The van der Waals surface area contributed by atoms with E-state index in [0.29, 0.717) is 16.3 Å². The Morgan fingerprint density at radius 2 is 1.91 bits per heavy atom. The first-order valence-corrected chi connectivity index (χ1v) is 7.69. The van der Waals surface area contributed by atoms with E-state index in [-0.39, 0.29) is 0 Å². The summed E-state index contributed by atoms with van der Waals surface area (Å²) < 4.78 is 11.7. The van der Waals surface area contributed by atoms with Gasteiger partial charge in [-0.05, 0) is 35.9 Å². The van der Waals surface area contributed by atoms with Crippen LogP contribution in [0.4, 0.5) is 0 Å². The minimum atomic E-state index is 0.569. The lowest BCUT2D eigenvalue weighted by molar-refractivity contribution is 0.415. The van der Waals surface area contributed by atoms with Crippen molar-refractivity contribution in [3.63, 3.8) is 0 Å². The standard InChI is InChI=1S/C18H14N2O2S/c1-21-13-8-6-11(7-9-13)16-19-17-14(18(23)20-16)10-12-4-2-3-5-15(12)22-17/h2-9H,10H2,1H3,(H,19,20,23). The molecule has 1 aliphatic rings. The van der Waals surface area contributed by atoms with E-state index in [1.54, 1.807) is 7.11 Å². The van der Waals surface area contributed by atoms with Crippen LogP contribution in [0.1, 0.15) is 11.1 Å². The van der Waals surface area contributed by atoms with Crippen LogP contribution < -0.4 is 9.47 Å². The van der Waals surface area contributed by atoms with E-state index < -0.39 is 0 Å². The molecule has 3 aromatic rings. The van der Waals surface area contributed by atoms with Gasteiger partial charge in [-0.3, -0.25) is 0 Å². The Labute approximate surface area is 138 Å². The minimum Gasteiger partial charge on any atom is -0.497 e. The third-order valence-corrected chi connectivity index (χ3v) is 4.23. The Kier molecular flexibility index (Phi) is 3.35. The summed E-state index contributed by atoms with van der Waals surface area (Å²) in [6.45, 7) is 0. The first kappa shape index (κ1) is 14.0. The molecule has 2 heterocycles. The van der Waals surface area contributed by atoms with Gasteiger partial charge >= 0.3 is 0 Å². The van der Waals surface area contributed by atoms with Crippen molar-refractivity contribution in [2.45, 2.75) is 6.42 Å². The fourth-order valence-corrected chi connectivity index (χ4v) is 2.91. The van der Waals surface area contributed by atoms with Crippen molar-refractivity contribution in [1.29, 1.82) is 0 Å². The number of benzene rings is 2. The molecule has 4 rings (SSSR count). The highest BCUT2D eigenvalue weighted by Crippen LogP contribution is 2.36. The lowest BCUT2D eigenvalue weighted by Gasteiger charge is -2.20. The average molecular weight is 322 g/mol. The smallest absolute Gasteiger partial charge is 0.205 e. The van der Waals surface area contributed by atoms with Gasteiger partial charge in [0, 0.05) is 12.0 Å². The van der Waals surface area contributed by atoms with Crippen molar-refractivity contribution in [3.8, 4) is 28.8 Å². The van der Waals surface area contributed by atoms with Gasteiger partial charge in [-0.15, -0.1) is 0 Å². The van der Waals surface area contributed by atoms with Crippen LogP contribution >= 0.6 is 12.2 Å². The maximum Gasteiger partial charge on any atom is 0.205 e. The molecule has 0 saturated carbocycles. The molecule has 4 nitrogen and oxygen atoms in total. The summed E-state index contributed by atoms with van der Waals surface area (Å²) in [6, 6.07) is 15.6. The molecular formula is C18H14N2O2S. The minimum absolute atomic E-state index is 0.569. The van der Waals surface area contributed by atoms with Gasteiger partial charge in [-0.2, -0.15) is 0 Å². The molecule has 0 spiro atoms. The number of aromatic amines is 1. The largest absolute Gasteiger partial charge is 0.497 e. The lowest BCUT2D eigenvalue weighted by Crippen LogP contribution is -2.07. The third kappa shape index (κ3) is 2.49. The van der Waals surface area contributed by atoms with Crippen LogP contribution in [0.25, 0.3) is 11.4 Å². The average Bonchev–Trinajstić information content (AvgIpc) is 2.60. The van der Waals surface area contributed by atoms with Crippen molar-refractivity contribution in [1.82, 2.24) is 9.97 Å². The predicted octanol–water partition coefficient (Wildman–Crippen LogP) is 4.51. The summed E-state index contributed by atoms with van der Waals surface area (Å²) in [5.74, 6) is 3.03. The van der Waals surface area contributed by atoms with E-state index in [2.05, 4.69) is 9.97 Å². The number of ether oxygens (including phenoxy) is 2. The number of aromatic nitrogens is 2. The number of fused-ring (bicyclic) bond motifs is 2. The van der Waals surface area contributed by atoms with E-state index in [9.17, 15) is 0 Å². The molecule has 0 unspecified atom stereocenters. The van der Waals surface area contributed by atoms with Crippen molar-refractivity contribution in [3.05, 3.63) is 64.3 Å². The number of methoxy groups -OCH3 is 1. The first-order valence-electron chi connectivity index (χ1n) is 7.28. The van der Waals surface area contributed by atoms with Crippen molar-refractivity contribution < 1.29 is 9.47 Å². The van der Waals surface area contributed by atoms with Crippen LogP contribution in [0.2, 0.25) is 0 Å². The zero-order valence-electron chi connectivity index (χ0n) is 12.5. The van der Waals surface area contributed by atoms with E-state index in [4.69, 9.17) is 21.7 Å². The van der Waals surface area contributed by atoms with Crippen LogP contribution in [-0.4, -0.2) is 17.1 Å². The normalized spacial score (nSPS) is 12.0. The zero-order valence-corrected chi connectivity index (χ0v) is 13.3. The Bertz CT molecular complexity index is 932. The summed E-state index contributed by atoms with van der Waals surface area (Å²) in [5.41, 5.74) is 2.98. The number of hydrogen-bond donors (Lipinski definition) is 1. The van der Waals surface area contributed by atoms with E-state index in [0.717, 1.165) is 34.6 Å². The van der Waals surface area contributed by atoms with Crippen LogP contribution in [0.3, 0.4) is 0 Å². The fourth-order valence-electron chi connectivity index (χ4n) is 2.66. The fraction of sp³-hybridized carbons (Fsp3) is 0.111. The van der Waals surface area contributed by atoms with Gasteiger partial charge in [0.25, 0.3) is 0 Å². The highest BCUT2D eigenvalue weighted by Gasteiger charge is 2.20. The van der Waals surface area contributed by atoms with E-state index in [1.165, 1.54) is 0 Å². The summed E-state index contributed by atoms with van der Waals surface area (Å²) >= 11 is 5.47. The molecule has 5 heteroatoms. The summed E-state index contributed by atoms with van der Waals surface area (Å²) in [7, 11) is 1.64. The molecule has 2 aromatic carbocycles. The maximum absolute atomic E-state index is 5.98. The van der Waals surface area contributed by atoms with Crippen LogP contribution in [-0.2, 0) is 6.42 Å². The van der Waals surface area contributed by atoms with Crippen LogP contribution in [0.15, 0.2) is 48.5 Å². The van der Waals surface area contributed by atoms with Gasteiger partial charge in [0.05, 0.1) is 12.7 Å². The molecule has 0 amide bonds. The van der Waals surface area contributed by atoms with Crippen LogP contribution in [0.5, 0.6) is 17.4 Å². The molecule has 1 aliphatic heterocycles. The number of hydrogen-bond acceptors (Lipinski definition) is 4. The molecule has 0 bridgehead atoms. The predicted molar refractivity (Wildman–Crippen MR) is 90.7 cm³/mol. The molecule has 1 aromatic heterocycles. The molecule has 114 valence electrons. The molecule has 0 atom stereocenters. The van der Waals surface area contributed by atoms with Crippen molar-refractivity contribution >= 4 is 12.2 Å². The number of nitrogens with one attached hydrogen (secondary N) is 1. The Hall–Kier alpha value is -2.66. The van der Waals surface area contributed by atoms with Gasteiger partial charge in [0.1, 0.15) is 22.0 Å². The summed E-state index contributed by atoms with van der Waals surface area (Å²) in [4.78, 5) is 7.78. The molecule has 0 aliphatic carbocycles. The highest BCUT2D eigenvalue weighted by atomic mass is 32.1. The van der Waals surface area contributed by atoms with Gasteiger partial charge in [-0.1, -0.05) is 30.4 Å². The van der Waals surface area contributed by atoms with E-state index in [1.807, 2.05) is 48.5 Å². The molecule has 1 N–H and O–H groups in total. The second kappa shape index (κ2) is 5.52. The number of para-hydroxylation sites is 1. The molecular weight excluding hydrogens is 308 g/mol. The zero-order chi connectivity index (χ0) is 15.8. The number of H-pyrrole nitrogens is 1. The van der Waals surface area contributed by atoms with Gasteiger partial charge in [-0.25, -0.2) is 4.98 Å². The molecule has 0 fully saturated rings. The van der Waals surface area contributed by atoms with Gasteiger partial charge in [0.2, 0.25) is 5.88 Å². The van der Waals surface area contributed by atoms with E-state index >= 15 is 0 Å². The quantitative estimate of drug-likeness (QED) is 0.552. The Morgan fingerprint density at radius 3 is 2.70 bits per heavy atom. The summed E-state index contributed by atoms with van der Waals surface area (Å²) in [6.07, 6.45) is 0.733. The number of rotatable bonds is 2. The van der Waals surface area contributed by atoms with Gasteiger partial charge in [0.15, 0.2) is 0 Å². The first-order chi connectivity index (χ1) is 11.2. The van der Waals surface area contributed by atoms with Crippen molar-refractivity contribution in [2.75, 3.05) is 7.11 Å². The maximum atomic E-state index is 5.98. The van der Waals surface area contributed by atoms with Crippen molar-refractivity contribution in [2.24, 2.45) is 0 Å². The molecule has 0 radical (unpaired) electrons. The molecule has 0 saturated heterocycles. The second-order valence-corrected chi connectivity index (χ2v) is 5.70. The third-order valence-electron chi connectivity index (χ3n) is 3.89. The summed E-state index contributed by atoms with van der Waals surface area (Å²) in [5, 5.41) is 0. The topological polar surface area (TPSA) is 47.1 Å². The molecule has 23 heavy (non-hydrogen) atoms. The number of nitrogens with zero attached hydrogens (tertiary/aromatic N) is 1. The lowest BCUT2D eigenvalue weighted by atomic mass is 10.0.